The number of rotatable bonds is 2. The average Bonchev–Trinajstić information content (AvgIpc) is 1.93. The maximum absolute atomic E-state index is 8.90. The first-order valence-corrected chi connectivity index (χ1v) is 3.58. The number of aromatic nitrogens is 1. The number of hydrogen-bond donors (Lipinski definition) is 2. The highest BCUT2D eigenvalue weighted by Gasteiger charge is 1.97. The van der Waals surface area contributed by atoms with E-state index in [1.807, 2.05) is 6.92 Å². The number of pyridine rings is 1. The van der Waals surface area contributed by atoms with E-state index in [1.54, 1.807) is 12.1 Å². The van der Waals surface area contributed by atoms with E-state index in [-0.39, 0.29) is 24.2 Å². The van der Waals surface area contributed by atoms with Gasteiger partial charge in [-0.3, -0.25) is 4.98 Å². The first-order valence-electron chi connectivity index (χ1n) is 3.58. The minimum Gasteiger partial charge on any atom is -0.506 e. The molecule has 12 heavy (non-hydrogen) atoms. The third kappa shape index (κ3) is 3.55. The molecule has 0 aromatic carbocycles. The van der Waals surface area contributed by atoms with Crippen molar-refractivity contribution in [1.82, 2.24) is 4.98 Å². The Bertz CT molecular complexity index is 223. The zero-order valence-corrected chi connectivity index (χ0v) is 7.71. The van der Waals surface area contributed by atoms with Gasteiger partial charge in [0.05, 0.1) is 6.20 Å². The number of aromatic hydroxyl groups is 1. The van der Waals surface area contributed by atoms with Crippen LogP contribution < -0.4 is 5.73 Å². The van der Waals surface area contributed by atoms with Gasteiger partial charge in [0.2, 0.25) is 0 Å². The van der Waals surface area contributed by atoms with Crippen molar-refractivity contribution < 1.29 is 5.11 Å². The SMILES string of the molecule is CC(N)Cc1ccc(O)cn1.Cl. The molecule has 1 rings (SSSR count). The first kappa shape index (κ1) is 11.2. The molecule has 68 valence electrons. The zero-order valence-electron chi connectivity index (χ0n) is 6.90. The smallest absolute Gasteiger partial charge is 0.133 e. The summed E-state index contributed by atoms with van der Waals surface area (Å²) in [4.78, 5) is 3.99. The Morgan fingerprint density at radius 3 is 2.67 bits per heavy atom. The van der Waals surface area contributed by atoms with Crippen molar-refractivity contribution in [2.45, 2.75) is 19.4 Å². The average molecular weight is 189 g/mol. The summed E-state index contributed by atoms with van der Waals surface area (Å²) in [6.45, 7) is 1.93. The van der Waals surface area contributed by atoms with Gasteiger partial charge in [0.25, 0.3) is 0 Å². The fourth-order valence-electron chi connectivity index (χ4n) is 0.867. The summed E-state index contributed by atoms with van der Waals surface area (Å²) in [6, 6.07) is 3.51. The van der Waals surface area contributed by atoms with Crippen molar-refractivity contribution in [3.8, 4) is 5.75 Å². The van der Waals surface area contributed by atoms with Crippen LogP contribution in [0.2, 0.25) is 0 Å². The zero-order chi connectivity index (χ0) is 8.27. The molecule has 0 saturated heterocycles. The van der Waals surface area contributed by atoms with E-state index in [2.05, 4.69) is 4.98 Å². The molecule has 1 heterocycles. The molecule has 4 heteroatoms. The lowest BCUT2D eigenvalue weighted by atomic mass is 10.2. The third-order valence-corrected chi connectivity index (χ3v) is 1.34. The van der Waals surface area contributed by atoms with E-state index >= 15 is 0 Å². The number of nitrogens with zero attached hydrogens (tertiary/aromatic N) is 1. The molecule has 0 spiro atoms. The predicted molar refractivity (Wildman–Crippen MR) is 50.5 cm³/mol. The van der Waals surface area contributed by atoms with Gasteiger partial charge >= 0.3 is 0 Å². The van der Waals surface area contributed by atoms with Crippen LogP contribution in [0, 0.1) is 0 Å². The van der Waals surface area contributed by atoms with Gasteiger partial charge < -0.3 is 10.8 Å². The molecule has 3 nitrogen and oxygen atoms in total. The summed E-state index contributed by atoms with van der Waals surface area (Å²) >= 11 is 0. The van der Waals surface area contributed by atoms with Gasteiger partial charge in [-0.15, -0.1) is 12.4 Å². The minimum atomic E-state index is 0. The summed E-state index contributed by atoms with van der Waals surface area (Å²) in [6.07, 6.45) is 2.18. The second-order valence-corrected chi connectivity index (χ2v) is 2.69. The van der Waals surface area contributed by atoms with Crippen LogP contribution in [-0.2, 0) is 6.42 Å². The van der Waals surface area contributed by atoms with Crippen molar-refractivity contribution >= 4 is 12.4 Å². The van der Waals surface area contributed by atoms with Crippen LogP contribution in [0.1, 0.15) is 12.6 Å². The Hall–Kier alpha value is -0.800. The van der Waals surface area contributed by atoms with Gasteiger partial charge in [0.15, 0.2) is 0 Å². The molecule has 0 amide bonds. The molecule has 0 fully saturated rings. The number of halogens is 1. The summed E-state index contributed by atoms with van der Waals surface area (Å²) in [5.41, 5.74) is 6.47. The maximum atomic E-state index is 8.90. The highest BCUT2D eigenvalue weighted by Crippen LogP contribution is 2.06. The molecule has 0 bridgehead atoms. The van der Waals surface area contributed by atoms with E-state index in [9.17, 15) is 0 Å². The standard InChI is InChI=1S/C8H12N2O.ClH/c1-6(9)4-7-2-3-8(11)5-10-7;/h2-3,5-6,11H,4,9H2,1H3;1H. The van der Waals surface area contributed by atoms with E-state index < -0.39 is 0 Å². The van der Waals surface area contributed by atoms with Crippen LogP contribution in [0.3, 0.4) is 0 Å². The Kier molecular flexibility index (Phi) is 4.62. The van der Waals surface area contributed by atoms with Crippen LogP contribution in [0.4, 0.5) is 0 Å². The second-order valence-electron chi connectivity index (χ2n) is 2.69. The summed E-state index contributed by atoms with van der Waals surface area (Å²) in [5, 5.41) is 8.90. The van der Waals surface area contributed by atoms with E-state index in [1.165, 1.54) is 6.20 Å². The van der Waals surface area contributed by atoms with Crippen molar-refractivity contribution in [1.29, 1.82) is 0 Å². The highest BCUT2D eigenvalue weighted by atomic mass is 35.5. The van der Waals surface area contributed by atoms with Gasteiger partial charge in [-0.1, -0.05) is 0 Å². The number of nitrogens with two attached hydrogens (primary N) is 1. The molecule has 1 aromatic heterocycles. The topological polar surface area (TPSA) is 59.1 Å². The molecule has 0 aliphatic rings. The Balaban J connectivity index is 0.00000121. The molecule has 3 N–H and O–H groups in total. The largest absolute Gasteiger partial charge is 0.506 e. The van der Waals surface area contributed by atoms with Crippen LogP contribution in [0.25, 0.3) is 0 Å². The monoisotopic (exact) mass is 188 g/mol. The molecule has 0 aliphatic carbocycles. The van der Waals surface area contributed by atoms with E-state index in [0.717, 1.165) is 12.1 Å². The summed E-state index contributed by atoms with van der Waals surface area (Å²) < 4.78 is 0. The molecule has 1 unspecified atom stereocenters. The van der Waals surface area contributed by atoms with Crippen molar-refractivity contribution in [3.63, 3.8) is 0 Å². The normalized spacial score (nSPS) is 11.8. The van der Waals surface area contributed by atoms with Gasteiger partial charge in [-0.25, -0.2) is 0 Å². The van der Waals surface area contributed by atoms with Crippen LogP contribution in [0.15, 0.2) is 18.3 Å². The molecule has 0 radical (unpaired) electrons. The molecular formula is C8H13ClN2O. The fourth-order valence-corrected chi connectivity index (χ4v) is 0.867. The van der Waals surface area contributed by atoms with Crippen molar-refractivity contribution in [2.24, 2.45) is 5.73 Å². The predicted octanol–water partition coefficient (Wildman–Crippen LogP) is 1.10. The second kappa shape index (κ2) is 4.95. The lowest BCUT2D eigenvalue weighted by Gasteiger charge is -2.02. The molecule has 0 saturated carbocycles. The Labute approximate surface area is 78.0 Å². The highest BCUT2D eigenvalue weighted by molar-refractivity contribution is 5.85. The molecular weight excluding hydrogens is 176 g/mol. The number of hydrogen-bond acceptors (Lipinski definition) is 3. The first-order chi connectivity index (χ1) is 5.18. The van der Waals surface area contributed by atoms with Crippen LogP contribution in [-0.4, -0.2) is 16.1 Å². The van der Waals surface area contributed by atoms with Gasteiger partial charge in [-0.2, -0.15) is 0 Å². The Morgan fingerprint density at radius 2 is 2.25 bits per heavy atom. The Morgan fingerprint density at radius 1 is 1.58 bits per heavy atom. The van der Waals surface area contributed by atoms with Crippen molar-refractivity contribution in [2.75, 3.05) is 0 Å². The summed E-state index contributed by atoms with van der Waals surface area (Å²) in [7, 11) is 0. The lowest BCUT2D eigenvalue weighted by Crippen LogP contribution is -2.18. The van der Waals surface area contributed by atoms with E-state index in [0.29, 0.717) is 0 Å². The van der Waals surface area contributed by atoms with Crippen LogP contribution >= 0.6 is 12.4 Å². The molecule has 1 atom stereocenters. The lowest BCUT2D eigenvalue weighted by molar-refractivity contribution is 0.472. The maximum Gasteiger partial charge on any atom is 0.133 e. The van der Waals surface area contributed by atoms with Gasteiger partial charge in [-0.05, 0) is 19.1 Å². The quantitative estimate of drug-likeness (QED) is 0.731. The van der Waals surface area contributed by atoms with Crippen LogP contribution in [0.5, 0.6) is 5.75 Å². The molecule has 1 aromatic rings. The van der Waals surface area contributed by atoms with E-state index in [4.69, 9.17) is 10.8 Å². The summed E-state index contributed by atoms with van der Waals surface area (Å²) in [5.74, 6) is 0.193. The fraction of sp³-hybridized carbons (Fsp3) is 0.375. The molecule has 0 aliphatic heterocycles. The minimum absolute atomic E-state index is 0. The van der Waals surface area contributed by atoms with Gasteiger partial charge in [0.1, 0.15) is 5.75 Å². The third-order valence-electron chi connectivity index (χ3n) is 1.34. The van der Waals surface area contributed by atoms with Crippen molar-refractivity contribution in [3.05, 3.63) is 24.0 Å². The van der Waals surface area contributed by atoms with Gasteiger partial charge in [0, 0.05) is 18.2 Å².